The predicted octanol–water partition coefficient (Wildman–Crippen LogP) is 1.71. The molecule has 1 nitrogen and oxygen atoms in total. The van der Waals surface area contributed by atoms with Crippen molar-refractivity contribution >= 4 is 17.0 Å². The molecule has 54 valence electrons. The molecule has 3 atom stereocenters. The van der Waals surface area contributed by atoms with Gasteiger partial charge in [-0.15, -0.1) is 17.0 Å². The highest BCUT2D eigenvalue weighted by Gasteiger charge is 2.36. The molecular formula is C7H14BrN. The fourth-order valence-electron chi connectivity index (χ4n) is 2.29. The van der Waals surface area contributed by atoms with E-state index in [1.165, 1.54) is 25.7 Å². The molecule has 0 unspecified atom stereocenters. The Morgan fingerprint density at radius 1 is 1.11 bits per heavy atom. The number of halogens is 1. The maximum Gasteiger partial charge on any atom is 0.00699 e. The summed E-state index contributed by atoms with van der Waals surface area (Å²) in [4.78, 5) is 0. The Hall–Kier alpha value is 0.440. The highest BCUT2D eigenvalue weighted by atomic mass is 79.9. The summed E-state index contributed by atoms with van der Waals surface area (Å²) >= 11 is 0. The molecule has 2 rings (SSSR count). The van der Waals surface area contributed by atoms with Crippen molar-refractivity contribution in [3.8, 4) is 0 Å². The van der Waals surface area contributed by atoms with Crippen molar-refractivity contribution in [3.63, 3.8) is 0 Å². The summed E-state index contributed by atoms with van der Waals surface area (Å²) in [7, 11) is 0. The SMILES string of the molecule is Br.N[C@@H]1C[C@@H]2CC[C@H]1C2. The first kappa shape index (κ1) is 7.55. The molecule has 2 N–H and O–H groups in total. The highest BCUT2D eigenvalue weighted by Crippen LogP contribution is 2.43. The molecule has 2 bridgehead atoms. The van der Waals surface area contributed by atoms with Crippen molar-refractivity contribution in [3.05, 3.63) is 0 Å². The van der Waals surface area contributed by atoms with E-state index >= 15 is 0 Å². The third-order valence-corrected chi connectivity index (χ3v) is 2.79. The first-order valence-corrected chi connectivity index (χ1v) is 3.62. The maximum atomic E-state index is 5.82. The van der Waals surface area contributed by atoms with Gasteiger partial charge in [0.05, 0.1) is 0 Å². The van der Waals surface area contributed by atoms with Crippen LogP contribution in [-0.4, -0.2) is 6.04 Å². The summed E-state index contributed by atoms with van der Waals surface area (Å²) < 4.78 is 0. The minimum absolute atomic E-state index is 0. The molecular weight excluding hydrogens is 178 g/mol. The molecule has 0 spiro atoms. The van der Waals surface area contributed by atoms with Gasteiger partial charge in [0.15, 0.2) is 0 Å². The van der Waals surface area contributed by atoms with Crippen LogP contribution in [0.5, 0.6) is 0 Å². The van der Waals surface area contributed by atoms with E-state index in [1.54, 1.807) is 0 Å². The quantitative estimate of drug-likeness (QED) is 0.621. The number of hydrogen-bond donors (Lipinski definition) is 1. The second kappa shape index (κ2) is 2.59. The Kier molecular flexibility index (Phi) is 2.17. The summed E-state index contributed by atoms with van der Waals surface area (Å²) in [5.74, 6) is 1.94. The number of hydrogen-bond acceptors (Lipinski definition) is 1. The molecule has 2 fully saturated rings. The van der Waals surface area contributed by atoms with Crippen molar-refractivity contribution in [1.82, 2.24) is 0 Å². The van der Waals surface area contributed by atoms with Crippen LogP contribution in [0.1, 0.15) is 25.7 Å². The lowest BCUT2D eigenvalue weighted by Crippen LogP contribution is -2.26. The van der Waals surface area contributed by atoms with Crippen molar-refractivity contribution in [2.45, 2.75) is 31.7 Å². The molecule has 0 aromatic heterocycles. The average Bonchev–Trinajstić information content (AvgIpc) is 2.23. The third-order valence-electron chi connectivity index (χ3n) is 2.79. The summed E-state index contributed by atoms with van der Waals surface area (Å²) in [6.45, 7) is 0. The van der Waals surface area contributed by atoms with Gasteiger partial charge >= 0.3 is 0 Å². The van der Waals surface area contributed by atoms with Crippen molar-refractivity contribution < 1.29 is 0 Å². The van der Waals surface area contributed by atoms with Gasteiger partial charge in [0.25, 0.3) is 0 Å². The van der Waals surface area contributed by atoms with Crippen LogP contribution in [0, 0.1) is 11.8 Å². The Morgan fingerprint density at radius 2 is 1.89 bits per heavy atom. The zero-order chi connectivity index (χ0) is 5.56. The second-order valence-corrected chi connectivity index (χ2v) is 3.34. The summed E-state index contributed by atoms with van der Waals surface area (Å²) in [6, 6.07) is 0.578. The smallest absolute Gasteiger partial charge is 0.00699 e. The van der Waals surface area contributed by atoms with Crippen LogP contribution >= 0.6 is 17.0 Å². The van der Waals surface area contributed by atoms with Gasteiger partial charge in [-0.25, -0.2) is 0 Å². The Balaban J connectivity index is 0.000000405. The van der Waals surface area contributed by atoms with E-state index in [4.69, 9.17) is 5.73 Å². The number of rotatable bonds is 0. The summed E-state index contributed by atoms with van der Waals surface area (Å²) in [5.41, 5.74) is 5.82. The first-order chi connectivity index (χ1) is 3.86. The first-order valence-electron chi connectivity index (χ1n) is 3.62. The molecule has 9 heavy (non-hydrogen) atoms. The van der Waals surface area contributed by atoms with Crippen LogP contribution in [0.15, 0.2) is 0 Å². The Bertz CT molecular complexity index is 103. The zero-order valence-corrected chi connectivity index (χ0v) is 7.26. The minimum Gasteiger partial charge on any atom is -0.327 e. The molecule has 2 heteroatoms. The van der Waals surface area contributed by atoms with Gasteiger partial charge in [0, 0.05) is 6.04 Å². The van der Waals surface area contributed by atoms with Crippen molar-refractivity contribution in [2.24, 2.45) is 17.6 Å². The number of nitrogens with two attached hydrogens (primary N) is 1. The molecule has 0 aromatic rings. The lowest BCUT2D eigenvalue weighted by atomic mass is 9.96. The third kappa shape index (κ3) is 1.15. The maximum absolute atomic E-state index is 5.82. The monoisotopic (exact) mass is 191 g/mol. The topological polar surface area (TPSA) is 26.0 Å². The average molecular weight is 192 g/mol. The van der Waals surface area contributed by atoms with E-state index in [1.807, 2.05) is 0 Å². The molecule has 0 aromatic carbocycles. The normalized spacial score (nSPS) is 47.0. The molecule has 2 aliphatic carbocycles. The highest BCUT2D eigenvalue weighted by molar-refractivity contribution is 8.93. The summed E-state index contributed by atoms with van der Waals surface area (Å²) in [6.07, 6.45) is 5.66. The van der Waals surface area contributed by atoms with Crippen LogP contribution in [0.4, 0.5) is 0 Å². The number of fused-ring (bicyclic) bond motifs is 2. The van der Waals surface area contributed by atoms with E-state index in [9.17, 15) is 0 Å². The second-order valence-electron chi connectivity index (χ2n) is 3.34. The molecule has 0 saturated heterocycles. The molecule has 0 radical (unpaired) electrons. The van der Waals surface area contributed by atoms with Crippen molar-refractivity contribution in [1.29, 1.82) is 0 Å². The van der Waals surface area contributed by atoms with E-state index in [2.05, 4.69) is 0 Å². The van der Waals surface area contributed by atoms with Gasteiger partial charge in [-0.3, -0.25) is 0 Å². The standard InChI is InChI=1S/C7H13N.BrH/c8-7-4-5-1-2-6(7)3-5;/h5-7H,1-4,8H2;1H/t5-,6+,7-;/m1./s1. The minimum atomic E-state index is 0. The molecule has 0 aliphatic heterocycles. The van der Waals surface area contributed by atoms with Crippen molar-refractivity contribution in [2.75, 3.05) is 0 Å². The van der Waals surface area contributed by atoms with Gasteiger partial charge in [-0.1, -0.05) is 6.42 Å². The zero-order valence-electron chi connectivity index (χ0n) is 5.55. The van der Waals surface area contributed by atoms with E-state index in [-0.39, 0.29) is 17.0 Å². The molecule has 2 aliphatic rings. The Labute approximate surface area is 66.8 Å². The fourth-order valence-corrected chi connectivity index (χ4v) is 2.29. The van der Waals surface area contributed by atoms with Gasteiger partial charge in [0.2, 0.25) is 0 Å². The summed E-state index contributed by atoms with van der Waals surface area (Å²) in [5, 5.41) is 0. The van der Waals surface area contributed by atoms with Gasteiger partial charge in [-0.2, -0.15) is 0 Å². The van der Waals surface area contributed by atoms with Crippen LogP contribution in [0.3, 0.4) is 0 Å². The van der Waals surface area contributed by atoms with Crippen LogP contribution in [0.2, 0.25) is 0 Å². The predicted molar refractivity (Wildman–Crippen MR) is 43.7 cm³/mol. The van der Waals surface area contributed by atoms with Gasteiger partial charge in [-0.05, 0) is 31.1 Å². The lowest BCUT2D eigenvalue weighted by Gasteiger charge is -2.15. The molecule has 2 saturated carbocycles. The largest absolute Gasteiger partial charge is 0.327 e. The van der Waals surface area contributed by atoms with Gasteiger partial charge in [0.1, 0.15) is 0 Å². The molecule has 0 amide bonds. The van der Waals surface area contributed by atoms with Gasteiger partial charge < -0.3 is 5.73 Å². The van der Waals surface area contributed by atoms with E-state index in [0.29, 0.717) is 6.04 Å². The van der Waals surface area contributed by atoms with Crippen LogP contribution in [0.25, 0.3) is 0 Å². The van der Waals surface area contributed by atoms with Crippen LogP contribution < -0.4 is 5.73 Å². The fraction of sp³-hybridized carbons (Fsp3) is 1.00. The van der Waals surface area contributed by atoms with E-state index in [0.717, 1.165) is 11.8 Å². The lowest BCUT2D eigenvalue weighted by molar-refractivity contribution is 0.418. The van der Waals surface area contributed by atoms with E-state index < -0.39 is 0 Å². The Morgan fingerprint density at radius 3 is 2.11 bits per heavy atom. The molecule has 0 heterocycles. The van der Waals surface area contributed by atoms with Crippen LogP contribution in [-0.2, 0) is 0 Å².